The lowest BCUT2D eigenvalue weighted by Gasteiger charge is -2.00. The summed E-state index contributed by atoms with van der Waals surface area (Å²) in [5.41, 5.74) is 0. The minimum Gasteiger partial charge on any atom is -0.481 e. The number of carbonyl (C=O) groups is 2. The Bertz CT molecular complexity index is 412. The molecule has 0 bridgehead atoms. The van der Waals surface area contributed by atoms with Crippen molar-refractivity contribution in [2.75, 3.05) is 0 Å². The molecule has 0 heterocycles. The van der Waals surface area contributed by atoms with Crippen LogP contribution < -0.4 is 0 Å². The number of allylic oxidation sites excluding steroid dienone is 4. The molecule has 0 rings (SSSR count). The number of carboxylic acid groups (broad SMARTS) is 2. The van der Waals surface area contributed by atoms with Gasteiger partial charge < -0.3 is 10.2 Å². The molecule has 4 heteroatoms. The van der Waals surface area contributed by atoms with Crippen LogP contribution in [0.15, 0.2) is 24.3 Å². The molecule has 0 aromatic carbocycles. The molecule has 4 nitrogen and oxygen atoms in total. The van der Waals surface area contributed by atoms with Crippen LogP contribution in [0, 0.1) is 0 Å². The first-order chi connectivity index (χ1) is 15.5. The first-order valence-electron chi connectivity index (χ1n) is 13.3. The number of aliphatic carboxylic acids is 2. The number of carboxylic acids is 2. The smallest absolute Gasteiger partial charge is 0.303 e. The third-order valence-electron chi connectivity index (χ3n) is 5.33. The van der Waals surface area contributed by atoms with Gasteiger partial charge in [0.05, 0.1) is 0 Å². The summed E-state index contributed by atoms with van der Waals surface area (Å²) >= 11 is 0. The Labute approximate surface area is 198 Å². The summed E-state index contributed by atoms with van der Waals surface area (Å²) in [4.78, 5) is 20.5. The van der Waals surface area contributed by atoms with Crippen LogP contribution >= 0.6 is 0 Å². The molecule has 0 saturated heterocycles. The maximum absolute atomic E-state index is 10.3. The Balaban J connectivity index is 0. The standard InChI is InChI=1S/2C14H26O2/c2*1-2-3-4-5-6-7-8-9-10-11-12-13-14(15)16/h2*3-4H,2,5-13H2,1H3,(H,15,16). The average molecular weight is 453 g/mol. The van der Waals surface area contributed by atoms with Crippen LogP contribution in [-0.4, -0.2) is 22.2 Å². The molecule has 0 amide bonds. The van der Waals surface area contributed by atoms with Crippen molar-refractivity contribution in [3.63, 3.8) is 0 Å². The fourth-order valence-corrected chi connectivity index (χ4v) is 3.41. The predicted molar refractivity (Wildman–Crippen MR) is 137 cm³/mol. The molecule has 0 saturated carbocycles. The molecule has 0 aliphatic carbocycles. The number of hydrogen-bond acceptors (Lipinski definition) is 2. The van der Waals surface area contributed by atoms with E-state index >= 15 is 0 Å². The molecule has 0 aliphatic rings. The highest BCUT2D eigenvalue weighted by Gasteiger charge is 1.97. The summed E-state index contributed by atoms with van der Waals surface area (Å²) in [6.07, 6.45) is 30.9. The lowest BCUT2D eigenvalue weighted by Crippen LogP contribution is -1.93. The van der Waals surface area contributed by atoms with E-state index in [1.54, 1.807) is 0 Å². The highest BCUT2D eigenvalue weighted by Crippen LogP contribution is 2.11. The van der Waals surface area contributed by atoms with Gasteiger partial charge in [-0.1, -0.05) is 102 Å². The van der Waals surface area contributed by atoms with Crippen molar-refractivity contribution in [2.45, 2.75) is 142 Å². The zero-order valence-corrected chi connectivity index (χ0v) is 21.2. The van der Waals surface area contributed by atoms with Gasteiger partial charge in [0, 0.05) is 12.8 Å². The van der Waals surface area contributed by atoms with Gasteiger partial charge in [-0.25, -0.2) is 0 Å². The Morgan fingerprint density at radius 1 is 0.469 bits per heavy atom. The molecule has 0 aromatic heterocycles. The first-order valence-corrected chi connectivity index (χ1v) is 13.3. The van der Waals surface area contributed by atoms with Crippen molar-refractivity contribution < 1.29 is 19.8 Å². The quantitative estimate of drug-likeness (QED) is 0.127. The molecule has 2 N–H and O–H groups in total. The van der Waals surface area contributed by atoms with E-state index in [1.807, 2.05) is 0 Å². The highest BCUT2D eigenvalue weighted by atomic mass is 16.4. The lowest BCUT2D eigenvalue weighted by atomic mass is 10.1. The fraction of sp³-hybridized carbons (Fsp3) is 0.786. The van der Waals surface area contributed by atoms with Gasteiger partial charge >= 0.3 is 11.9 Å². The number of rotatable bonds is 22. The summed E-state index contributed by atoms with van der Waals surface area (Å²) in [5.74, 6) is -1.33. The maximum Gasteiger partial charge on any atom is 0.303 e. The molecule has 0 spiro atoms. The predicted octanol–water partition coefficient (Wildman–Crippen LogP) is 9.10. The fourth-order valence-electron chi connectivity index (χ4n) is 3.41. The van der Waals surface area contributed by atoms with Gasteiger partial charge in [0.1, 0.15) is 0 Å². The van der Waals surface area contributed by atoms with Gasteiger partial charge in [0.2, 0.25) is 0 Å². The molecule has 0 atom stereocenters. The molecule has 0 radical (unpaired) electrons. The minimum atomic E-state index is -0.664. The summed E-state index contributed by atoms with van der Waals surface area (Å²) in [6, 6.07) is 0. The van der Waals surface area contributed by atoms with E-state index in [1.165, 1.54) is 77.0 Å². The normalized spacial score (nSPS) is 11.1. The highest BCUT2D eigenvalue weighted by molar-refractivity contribution is 5.66. The van der Waals surface area contributed by atoms with Crippen LogP contribution in [0.3, 0.4) is 0 Å². The largest absolute Gasteiger partial charge is 0.481 e. The van der Waals surface area contributed by atoms with Crippen LogP contribution in [0.25, 0.3) is 0 Å². The monoisotopic (exact) mass is 452 g/mol. The van der Waals surface area contributed by atoms with E-state index in [9.17, 15) is 9.59 Å². The molecule has 0 aliphatic heterocycles. The van der Waals surface area contributed by atoms with Crippen LogP contribution in [0.2, 0.25) is 0 Å². The molecule has 0 fully saturated rings. The summed E-state index contributed by atoms with van der Waals surface area (Å²) < 4.78 is 0. The van der Waals surface area contributed by atoms with Gasteiger partial charge in [-0.3, -0.25) is 9.59 Å². The van der Waals surface area contributed by atoms with Gasteiger partial charge in [-0.05, 0) is 51.4 Å². The van der Waals surface area contributed by atoms with Crippen molar-refractivity contribution in [1.29, 1.82) is 0 Å². The van der Waals surface area contributed by atoms with E-state index in [0.29, 0.717) is 12.8 Å². The molecule has 32 heavy (non-hydrogen) atoms. The summed E-state index contributed by atoms with van der Waals surface area (Å²) in [6.45, 7) is 4.32. The van der Waals surface area contributed by atoms with Gasteiger partial charge in [0.15, 0.2) is 0 Å². The Morgan fingerprint density at radius 3 is 1.03 bits per heavy atom. The van der Waals surface area contributed by atoms with Gasteiger partial charge in [-0.15, -0.1) is 0 Å². The maximum atomic E-state index is 10.3. The molecule has 188 valence electrons. The van der Waals surface area contributed by atoms with Crippen molar-refractivity contribution in [1.82, 2.24) is 0 Å². The van der Waals surface area contributed by atoms with Crippen LogP contribution in [-0.2, 0) is 9.59 Å². The second-order valence-electron chi connectivity index (χ2n) is 8.57. The van der Waals surface area contributed by atoms with E-state index in [2.05, 4.69) is 38.2 Å². The van der Waals surface area contributed by atoms with Crippen LogP contribution in [0.1, 0.15) is 142 Å². The van der Waals surface area contributed by atoms with Crippen molar-refractivity contribution in [2.24, 2.45) is 0 Å². The SMILES string of the molecule is CCC=CCCCCCCCCCC(=O)O.CCC=CCCCCCCCCCC(=O)O. The van der Waals surface area contributed by atoms with Crippen molar-refractivity contribution >= 4 is 11.9 Å². The third-order valence-corrected chi connectivity index (χ3v) is 5.33. The van der Waals surface area contributed by atoms with E-state index in [-0.39, 0.29) is 0 Å². The Kier molecular flexibility index (Phi) is 30.0. The van der Waals surface area contributed by atoms with E-state index < -0.39 is 11.9 Å². The average Bonchev–Trinajstić information content (AvgIpc) is 2.76. The minimum absolute atomic E-state index is 0.335. The molecule has 0 unspecified atom stereocenters. The van der Waals surface area contributed by atoms with E-state index in [4.69, 9.17) is 10.2 Å². The second kappa shape index (κ2) is 29.4. The molecule has 0 aromatic rings. The summed E-state index contributed by atoms with van der Waals surface area (Å²) in [7, 11) is 0. The van der Waals surface area contributed by atoms with Crippen LogP contribution in [0.4, 0.5) is 0 Å². The first kappa shape index (κ1) is 32.6. The van der Waals surface area contributed by atoms with Gasteiger partial charge in [0.25, 0.3) is 0 Å². The molecular weight excluding hydrogens is 400 g/mol. The summed E-state index contributed by atoms with van der Waals surface area (Å²) in [5, 5.41) is 16.9. The second-order valence-corrected chi connectivity index (χ2v) is 8.57. The van der Waals surface area contributed by atoms with Gasteiger partial charge in [-0.2, -0.15) is 0 Å². The van der Waals surface area contributed by atoms with E-state index in [0.717, 1.165) is 38.5 Å². The zero-order valence-electron chi connectivity index (χ0n) is 21.2. The number of unbranched alkanes of at least 4 members (excludes halogenated alkanes) is 14. The topological polar surface area (TPSA) is 74.6 Å². The zero-order chi connectivity index (χ0) is 24.1. The Hall–Kier alpha value is -1.58. The third kappa shape index (κ3) is 35.8. The number of hydrogen-bond donors (Lipinski definition) is 2. The van der Waals surface area contributed by atoms with Crippen LogP contribution in [0.5, 0.6) is 0 Å². The molecular formula is C28H52O4. The Morgan fingerprint density at radius 2 is 0.750 bits per heavy atom. The lowest BCUT2D eigenvalue weighted by molar-refractivity contribution is -0.138. The van der Waals surface area contributed by atoms with Crippen molar-refractivity contribution in [3.8, 4) is 0 Å². The van der Waals surface area contributed by atoms with Crippen molar-refractivity contribution in [3.05, 3.63) is 24.3 Å².